The molecule has 0 saturated carbocycles. The van der Waals surface area contributed by atoms with Crippen LogP contribution in [0.15, 0.2) is 109 Å². The van der Waals surface area contributed by atoms with E-state index in [4.69, 9.17) is 4.74 Å². The summed E-state index contributed by atoms with van der Waals surface area (Å²) in [4.78, 5) is 26.2. The summed E-state index contributed by atoms with van der Waals surface area (Å²) < 4.78 is 5.91. The molecule has 0 bridgehead atoms. The molecular formula is C28H24N2O4. The van der Waals surface area contributed by atoms with Crippen LogP contribution in [0.1, 0.15) is 16.7 Å². The summed E-state index contributed by atoms with van der Waals surface area (Å²) in [6, 6.07) is 33.1. The monoisotopic (exact) mass is 452 g/mol. The van der Waals surface area contributed by atoms with Crippen molar-refractivity contribution in [3.8, 4) is 11.5 Å². The van der Waals surface area contributed by atoms with Crippen LogP contribution in [0.5, 0.6) is 11.5 Å². The van der Waals surface area contributed by atoms with Crippen molar-refractivity contribution in [1.29, 1.82) is 0 Å². The fourth-order valence-electron chi connectivity index (χ4n) is 3.68. The number of nitro benzene ring substituents is 1. The molecule has 6 nitrogen and oxygen atoms in total. The summed E-state index contributed by atoms with van der Waals surface area (Å²) in [7, 11) is 0. The number of amides is 1. The minimum Gasteiger partial charge on any atom is -0.450 e. The molecule has 0 fully saturated rings. The van der Waals surface area contributed by atoms with Crippen LogP contribution in [0.4, 0.5) is 5.69 Å². The zero-order valence-electron chi connectivity index (χ0n) is 18.5. The average molecular weight is 453 g/mol. The van der Waals surface area contributed by atoms with Gasteiger partial charge in [0.25, 0.3) is 0 Å². The van der Waals surface area contributed by atoms with Crippen LogP contribution in [0.2, 0.25) is 0 Å². The van der Waals surface area contributed by atoms with E-state index >= 15 is 0 Å². The maximum absolute atomic E-state index is 13.5. The van der Waals surface area contributed by atoms with E-state index in [1.54, 1.807) is 30.3 Å². The van der Waals surface area contributed by atoms with Crippen LogP contribution in [-0.4, -0.2) is 15.7 Å². The van der Waals surface area contributed by atoms with Gasteiger partial charge in [-0.15, -0.1) is 0 Å². The van der Waals surface area contributed by atoms with E-state index in [-0.39, 0.29) is 23.8 Å². The molecule has 0 radical (unpaired) electrons. The second-order valence-corrected chi connectivity index (χ2v) is 7.83. The van der Waals surface area contributed by atoms with Crippen molar-refractivity contribution in [3.05, 3.63) is 136 Å². The molecule has 4 rings (SSSR count). The summed E-state index contributed by atoms with van der Waals surface area (Å²) in [6.45, 7) is 0.948. The number of hydrogen-bond acceptors (Lipinski definition) is 4. The summed E-state index contributed by atoms with van der Waals surface area (Å²) in [5.41, 5.74) is 2.61. The van der Waals surface area contributed by atoms with E-state index in [0.29, 0.717) is 24.4 Å². The minimum atomic E-state index is -0.482. The molecule has 170 valence electrons. The van der Waals surface area contributed by atoms with Gasteiger partial charge in [0.15, 0.2) is 0 Å². The molecule has 0 N–H and O–H groups in total. The first kappa shape index (κ1) is 22.7. The van der Waals surface area contributed by atoms with E-state index in [9.17, 15) is 14.9 Å². The van der Waals surface area contributed by atoms with Gasteiger partial charge in [-0.1, -0.05) is 91.0 Å². The Labute approximate surface area is 198 Å². The summed E-state index contributed by atoms with van der Waals surface area (Å²) in [5, 5.41) is 11.4. The van der Waals surface area contributed by atoms with Crippen LogP contribution in [-0.2, 0) is 24.3 Å². The third-order valence-electron chi connectivity index (χ3n) is 5.38. The minimum absolute atomic E-state index is 0.0636. The number of carbonyl (C=O) groups excluding carboxylic acids is 1. The average Bonchev–Trinajstić information content (AvgIpc) is 2.86. The van der Waals surface area contributed by atoms with Crippen molar-refractivity contribution in [3.63, 3.8) is 0 Å². The number of para-hydroxylation sites is 3. The second kappa shape index (κ2) is 10.9. The number of nitro groups is 1. The van der Waals surface area contributed by atoms with Gasteiger partial charge in [-0.05, 0) is 23.3 Å². The van der Waals surface area contributed by atoms with Crippen molar-refractivity contribution >= 4 is 11.6 Å². The molecule has 1 amide bonds. The predicted octanol–water partition coefficient (Wildman–Crippen LogP) is 6.16. The van der Waals surface area contributed by atoms with Crippen molar-refractivity contribution in [2.75, 3.05) is 0 Å². The van der Waals surface area contributed by atoms with Crippen molar-refractivity contribution in [2.45, 2.75) is 19.5 Å². The molecule has 0 aliphatic heterocycles. The number of rotatable bonds is 9. The van der Waals surface area contributed by atoms with Gasteiger partial charge >= 0.3 is 5.69 Å². The van der Waals surface area contributed by atoms with E-state index in [1.165, 1.54) is 6.07 Å². The van der Waals surface area contributed by atoms with Crippen LogP contribution < -0.4 is 4.74 Å². The highest BCUT2D eigenvalue weighted by Crippen LogP contribution is 2.33. The van der Waals surface area contributed by atoms with Crippen LogP contribution in [0, 0.1) is 10.1 Å². The van der Waals surface area contributed by atoms with Crippen molar-refractivity contribution in [1.82, 2.24) is 4.90 Å². The molecule has 0 heterocycles. The van der Waals surface area contributed by atoms with Crippen LogP contribution in [0.3, 0.4) is 0 Å². The zero-order valence-corrected chi connectivity index (χ0v) is 18.5. The maximum atomic E-state index is 13.5. The van der Waals surface area contributed by atoms with E-state index < -0.39 is 4.92 Å². The smallest absolute Gasteiger partial charge is 0.311 e. The number of nitrogens with zero attached hydrogens (tertiary/aromatic N) is 2. The Morgan fingerprint density at radius 3 is 1.79 bits per heavy atom. The lowest BCUT2D eigenvalue weighted by Crippen LogP contribution is -2.31. The fraction of sp³-hybridized carbons (Fsp3) is 0.107. The molecule has 0 aliphatic rings. The Kier molecular flexibility index (Phi) is 7.30. The fourth-order valence-corrected chi connectivity index (χ4v) is 3.68. The van der Waals surface area contributed by atoms with Gasteiger partial charge in [0, 0.05) is 24.7 Å². The second-order valence-electron chi connectivity index (χ2n) is 7.83. The number of benzene rings is 4. The first-order valence-corrected chi connectivity index (χ1v) is 10.9. The molecule has 4 aromatic carbocycles. The summed E-state index contributed by atoms with van der Waals surface area (Å²) >= 11 is 0. The molecule has 0 aromatic heterocycles. The largest absolute Gasteiger partial charge is 0.450 e. The standard InChI is InChI=1S/C28H24N2O4/c31-28(29(20-22-11-3-1-4-12-22)21-23-13-5-2-6-14-23)19-24-15-7-9-17-26(24)34-27-18-10-8-16-25(27)30(32)33/h1-18H,19-21H2. The highest BCUT2D eigenvalue weighted by molar-refractivity contribution is 5.79. The predicted molar refractivity (Wildman–Crippen MR) is 130 cm³/mol. The Morgan fingerprint density at radius 2 is 1.21 bits per heavy atom. The molecule has 0 atom stereocenters. The Balaban J connectivity index is 1.57. The molecule has 4 aromatic rings. The molecule has 34 heavy (non-hydrogen) atoms. The lowest BCUT2D eigenvalue weighted by atomic mass is 10.1. The third-order valence-corrected chi connectivity index (χ3v) is 5.38. The molecule has 0 aliphatic carbocycles. The van der Waals surface area contributed by atoms with Crippen LogP contribution >= 0.6 is 0 Å². The van der Waals surface area contributed by atoms with E-state index in [2.05, 4.69) is 0 Å². The van der Waals surface area contributed by atoms with Crippen LogP contribution in [0.25, 0.3) is 0 Å². The van der Waals surface area contributed by atoms with Gasteiger partial charge < -0.3 is 9.64 Å². The van der Waals surface area contributed by atoms with Gasteiger partial charge in [-0.25, -0.2) is 0 Å². The quantitative estimate of drug-likeness (QED) is 0.225. The van der Waals surface area contributed by atoms with Gasteiger partial charge in [-0.2, -0.15) is 0 Å². The van der Waals surface area contributed by atoms with E-state index in [0.717, 1.165) is 11.1 Å². The molecule has 0 unspecified atom stereocenters. The summed E-state index contributed by atoms with van der Waals surface area (Å²) in [6.07, 6.45) is 0.108. The van der Waals surface area contributed by atoms with Crippen molar-refractivity contribution in [2.24, 2.45) is 0 Å². The lowest BCUT2D eigenvalue weighted by molar-refractivity contribution is -0.385. The van der Waals surface area contributed by atoms with Gasteiger partial charge in [0.05, 0.1) is 11.3 Å². The maximum Gasteiger partial charge on any atom is 0.311 e. The first-order valence-electron chi connectivity index (χ1n) is 10.9. The molecule has 0 spiro atoms. The Bertz CT molecular complexity index is 1220. The van der Waals surface area contributed by atoms with Gasteiger partial charge in [0.2, 0.25) is 11.7 Å². The third kappa shape index (κ3) is 5.86. The first-order chi connectivity index (χ1) is 16.6. The zero-order chi connectivity index (χ0) is 23.8. The highest BCUT2D eigenvalue weighted by Gasteiger charge is 2.20. The topological polar surface area (TPSA) is 72.7 Å². The molecule has 0 saturated heterocycles. The lowest BCUT2D eigenvalue weighted by Gasteiger charge is -2.24. The molecular weight excluding hydrogens is 428 g/mol. The Hall–Kier alpha value is -4.45. The highest BCUT2D eigenvalue weighted by atomic mass is 16.6. The normalized spacial score (nSPS) is 10.5. The number of hydrogen-bond donors (Lipinski definition) is 0. The van der Waals surface area contributed by atoms with Gasteiger partial charge in [-0.3, -0.25) is 14.9 Å². The van der Waals surface area contributed by atoms with E-state index in [1.807, 2.05) is 77.7 Å². The molecule has 6 heteroatoms. The SMILES string of the molecule is O=C(Cc1ccccc1Oc1ccccc1[N+](=O)[O-])N(Cc1ccccc1)Cc1ccccc1. The number of ether oxygens (including phenoxy) is 1. The van der Waals surface area contributed by atoms with Gasteiger partial charge in [0.1, 0.15) is 5.75 Å². The summed E-state index contributed by atoms with van der Waals surface area (Å²) in [5.74, 6) is 0.494. The Morgan fingerprint density at radius 1 is 0.706 bits per heavy atom. The van der Waals surface area contributed by atoms with Crippen molar-refractivity contribution < 1.29 is 14.5 Å². The number of carbonyl (C=O) groups is 1.